The molecule has 0 aliphatic rings. The van der Waals surface area contributed by atoms with E-state index in [9.17, 15) is 9.18 Å². The summed E-state index contributed by atoms with van der Waals surface area (Å²) in [6, 6.07) is 4.76. The molecule has 0 spiro atoms. The summed E-state index contributed by atoms with van der Waals surface area (Å²) in [4.78, 5) is 17.7. The highest BCUT2D eigenvalue weighted by molar-refractivity contribution is 6.30. The molecule has 0 aliphatic carbocycles. The second kappa shape index (κ2) is 6.05. The third kappa shape index (κ3) is 2.67. The zero-order chi connectivity index (χ0) is 14.7. The van der Waals surface area contributed by atoms with Crippen molar-refractivity contribution in [3.63, 3.8) is 0 Å². The molecule has 0 aliphatic heterocycles. The van der Waals surface area contributed by atoms with Crippen LogP contribution in [0.15, 0.2) is 24.5 Å². The van der Waals surface area contributed by atoms with Crippen molar-refractivity contribution >= 4 is 18.1 Å². The first-order valence-electron chi connectivity index (χ1n) is 6.09. The highest BCUT2D eigenvalue weighted by Gasteiger charge is 2.29. The molecule has 2 unspecified atom stereocenters. The average molecular weight is 297 g/mol. The lowest BCUT2D eigenvalue weighted by Gasteiger charge is -2.23. The van der Waals surface area contributed by atoms with E-state index in [4.69, 9.17) is 16.3 Å². The van der Waals surface area contributed by atoms with Gasteiger partial charge in [-0.1, -0.05) is 23.7 Å². The molecule has 20 heavy (non-hydrogen) atoms. The fourth-order valence-corrected chi connectivity index (χ4v) is 2.44. The van der Waals surface area contributed by atoms with E-state index in [0.717, 1.165) is 5.69 Å². The van der Waals surface area contributed by atoms with E-state index in [1.54, 1.807) is 26.0 Å². The van der Waals surface area contributed by atoms with Crippen molar-refractivity contribution in [1.29, 1.82) is 0 Å². The van der Waals surface area contributed by atoms with Crippen LogP contribution in [0.1, 0.15) is 29.8 Å². The third-order valence-electron chi connectivity index (χ3n) is 3.24. The largest absolute Gasteiger partial charge is 0.464 e. The molecule has 0 radical (unpaired) electrons. The molecule has 4 nitrogen and oxygen atoms in total. The molecule has 0 amide bonds. The number of halogens is 2. The van der Waals surface area contributed by atoms with Crippen molar-refractivity contribution in [2.45, 2.75) is 25.9 Å². The highest BCUT2D eigenvalue weighted by atomic mass is 35.5. The van der Waals surface area contributed by atoms with E-state index in [1.807, 2.05) is 0 Å². The standard InChI is InChI=1S/C14H14ClFN2O2/c1-8-14(18-6-17-8)12(9(2)20-7-19)10-4-3-5-11(15)13(10)16/h3-7,9,12H,1-2H3,(H,17,18). The predicted molar refractivity (Wildman–Crippen MR) is 73.2 cm³/mol. The van der Waals surface area contributed by atoms with Crippen molar-refractivity contribution in [2.75, 3.05) is 0 Å². The lowest BCUT2D eigenvalue weighted by molar-refractivity contribution is -0.133. The fourth-order valence-electron chi connectivity index (χ4n) is 2.26. The van der Waals surface area contributed by atoms with Crippen LogP contribution in [0.5, 0.6) is 0 Å². The van der Waals surface area contributed by atoms with Gasteiger partial charge in [-0.05, 0) is 19.9 Å². The van der Waals surface area contributed by atoms with Gasteiger partial charge in [-0.15, -0.1) is 0 Å². The van der Waals surface area contributed by atoms with E-state index in [0.29, 0.717) is 17.7 Å². The molecule has 0 bridgehead atoms. The lowest BCUT2D eigenvalue weighted by atomic mass is 9.89. The minimum absolute atomic E-state index is 0.0305. The van der Waals surface area contributed by atoms with Gasteiger partial charge < -0.3 is 9.72 Å². The van der Waals surface area contributed by atoms with E-state index in [2.05, 4.69) is 9.97 Å². The molecule has 1 aromatic heterocycles. The van der Waals surface area contributed by atoms with Gasteiger partial charge >= 0.3 is 0 Å². The van der Waals surface area contributed by atoms with Gasteiger partial charge in [0, 0.05) is 11.3 Å². The van der Waals surface area contributed by atoms with Crippen molar-refractivity contribution < 1.29 is 13.9 Å². The van der Waals surface area contributed by atoms with Crippen molar-refractivity contribution in [3.05, 3.63) is 52.3 Å². The van der Waals surface area contributed by atoms with E-state index >= 15 is 0 Å². The van der Waals surface area contributed by atoms with Crippen LogP contribution >= 0.6 is 11.6 Å². The Morgan fingerprint density at radius 3 is 2.85 bits per heavy atom. The number of benzene rings is 1. The molecular formula is C14H14ClFN2O2. The maximum atomic E-state index is 14.3. The Hall–Kier alpha value is -1.88. The summed E-state index contributed by atoms with van der Waals surface area (Å²) in [7, 11) is 0. The van der Waals surface area contributed by atoms with Crippen LogP contribution in [0.3, 0.4) is 0 Å². The first-order chi connectivity index (χ1) is 9.56. The Kier molecular flexibility index (Phi) is 4.39. The molecule has 106 valence electrons. The minimum atomic E-state index is -0.556. The van der Waals surface area contributed by atoms with Crippen LogP contribution in [0.25, 0.3) is 0 Å². The van der Waals surface area contributed by atoms with Gasteiger partial charge in [-0.2, -0.15) is 0 Å². The van der Waals surface area contributed by atoms with Gasteiger partial charge in [0.25, 0.3) is 6.47 Å². The summed E-state index contributed by atoms with van der Waals surface area (Å²) in [5.74, 6) is -1.02. The number of nitrogens with one attached hydrogen (secondary N) is 1. The molecule has 2 atom stereocenters. The van der Waals surface area contributed by atoms with Gasteiger partial charge in [0.05, 0.1) is 23.0 Å². The van der Waals surface area contributed by atoms with E-state index in [-0.39, 0.29) is 5.02 Å². The zero-order valence-electron chi connectivity index (χ0n) is 11.1. The quantitative estimate of drug-likeness (QED) is 0.862. The smallest absolute Gasteiger partial charge is 0.293 e. The van der Waals surface area contributed by atoms with Crippen LogP contribution in [-0.2, 0) is 9.53 Å². The first kappa shape index (κ1) is 14.5. The summed E-state index contributed by atoms with van der Waals surface area (Å²) in [6.45, 7) is 3.85. The first-order valence-corrected chi connectivity index (χ1v) is 6.47. The molecule has 1 heterocycles. The molecule has 0 fully saturated rings. The summed E-state index contributed by atoms with van der Waals surface area (Å²) in [5.41, 5.74) is 1.77. The Morgan fingerprint density at radius 1 is 1.50 bits per heavy atom. The summed E-state index contributed by atoms with van der Waals surface area (Å²) in [6.07, 6.45) is 0.966. The molecular weight excluding hydrogens is 283 g/mol. The number of carbonyl (C=O) groups excluding carboxylic acids is 1. The van der Waals surface area contributed by atoms with Crippen molar-refractivity contribution in [1.82, 2.24) is 9.97 Å². The monoisotopic (exact) mass is 296 g/mol. The van der Waals surface area contributed by atoms with Crippen LogP contribution < -0.4 is 0 Å². The number of aryl methyl sites for hydroxylation is 1. The van der Waals surface area contributed by atoms with Crippen LogP contribution in [0.2, 0.25) is 5.02 Å². The van der Waals surface area contributed by atoms with Gasteiger partial charge in [0.2, 0.25) is 0 Å². The van der Waals surface area contributed by atoms with Gasteiger partial charge in [0.1, 0.15) is 11.9 Å². The van der Waals surface area contributed by atoms with E-state index in [1.165, 1.54) is 12.4 Å². The Morgan fingerprint density at radius 2 is 2.25 bits per heavy atom. The Balaban J connectivity index is 2.54. The van der Waals surface area contributed by atoms with Gasteiger partial charge in [-0.3, -0.25) is 4.79 Å². The van der Waals surface area contributed by atoms with E-state index < -0.39 is 17.8 Å². The normalized spacial score (nSPS) is 13.8. The van der Waals surface area contributed by atoms with Crippen LogP contribution in [-0.4, -0.2) is 22.5 Å². The zero-order valence-corrected chi connectivity index (χ0v) is 11.8. The van der Waals surface area contributed by atoms with Crippen molar-refractivity contribution in [3.8, 4) is 0 Å². The number of imidazole rings is 1. The second-order valence-corrected chi connectivity index (χ2v) is 4.87. The maximum Gasteiger partial charge on any atom is 0.293 e. The highest BCUT2D eigenvalue weighted by Crippen LogP contribution is 2.33. The molecule has 1 aromatic carbocycles. The second-order valence-electron chi connectivity index (χ2n) is 4.46. The number of hydrogen-bond acceptors (Lipinski definition) is 3. The summed E-state index contributed by atoms with van der Waals surface area (Å²) in [5, 5.41) is 0.0305. The topological polar surface area (TPSA) is 55.0 Å². The number of rotatable bonds is 5. The third-order valence-corrected chi connectivity index (χ3v) is 3.53. The number of ether oxygens (including phenoxy) is 1. The predicted octanol–water partition coefficient (Wildman–Crippen LogP) is 3.20. The summed E-state index contributed by atoms with van der Waals surface area (Å²) < 4.78 is 19.3. The molecule has 2 aromatic rings. The number of hydrogen-bond donors (Lipinski definition) is 1. The van der Waals surface area contributed by atoms with Crippen molar-refractivity contribution in [2.24, 2.45) is 0 Å². The SMILES string of the molecule is Cc1nc[nH]c1C(c1cccc(Cl)c1F)C(C)OC=O. The lowest BCUT2D eigenvalue weighted by Crippen LogP contribution is -2.22. The number of aromatic amines is 1. The Labute approximate surface area is 120 Å². The molecule has 2 rings (SSSR count). The average Bonchev–Trinajstić information content (AvgIpc) is 2.82. The van der Waals surface area contributed by atoms with Gasteiger partial charge in [-0.25, -0.2) is 9.37 Å². The van der Waals surface area contributed by atoms with Crippen LogP contribution in [0.4, 0.5) is 4.39 Å². The number of nitrogens with zero attached hydrogens (tertiary/aromatic N) is 1. The molecule has 6 heteroatoms. The summed E-state index contributed by atoms with van der Waals surface area (Å²) >= 11 is 5.83. The maximum absolute atomic E-state index is 14.3. The minimum Gasteiger partial charge on any atom is -0.464 e. The number of carbonyl (C=O) groups is 1. The van der Waals surface area contributed by atoms with Gasteiger partial charge in [0.15, 0.2) is 0 Å². The fraction of sp³-hybridized carbons (Fsp3) is 0.286. The molecule has 0 saturated carbocycles. The number of H-pyrrole nitrogens is 1. The number of aromatic nitrogens is 2. The molecule has 0 saturated heterocycles. The Bertz CT molecular complexity index is 615. The van der Waals surface area contributed by atoms with Crippen LogP contribution in [0, 0.1) is 12.7 Å². The molecule has 1 N–H and O–H groups in total.